The highest BCUT2D eigenvalue weighted by molar-refractivity contribution is 6.30. The van der Waals surface area contributed by atoms with Crippen LogP contribution in [-0.2, 0) is 9.53 Å². The van der Waals surface area contributed by atoms with E-state index in [4.69, 9.17) is 21.1 Å². The summed E-state index contributed by atoms with van der Waals surface area (Å²) >= 11 is 5.96. The number of rotatable bonds is 2. The number of carbonyl (C=O) groups excluding carboxylic acids is 1. The van der Waals surface area contributed by atoms with E-state index >= 15 is 0 Å². The molecular weight excluding hydrogens is 278 g/mol. The van der Waals surface area contributed by atoms with Gasteiger partial charge in [-0.1, -0.05) is 32.4 Å². The number of cyclic esters (lactones) is 1. The molecule has 106 valence electrons. The second-order valence-corrected chi connectivity index (χ2v) is 5.91. The van der Waals surface area contributed by atoms with Crippen LogP contribution in [0.4, 0.5) is 0 Å². The minimum atomic E-state index is -0.461. The number of ether oxygens (including phenoxy) is 2. The molecule has 0 aliphatic carbocycles. The van der Waals surface area contributed by atoms with Gasteiger partial charge < -0.3 is 9.47 Å². The smallest absolute Gasteiger partial charge is 0.363 e. The van der Waals surface area contributed by atoms with Gasteiger partial charge in [0.2, 0.25) is 5.90 Å². The van der Waals surface area contributed by atoms with Crippen molar-refractivity contribution in [1.82, 2.24) is 0 Å². The van der Waals surface area contributed by atoms with Crippen molar-refractivity contribution in [2.24, 2.45) is 10.4 Å². The third kappa shape index (κ3) is 3.02. The van der Waals surface area contributed by atoms with Crippen LogP contribution in [0.5, 0.6) is 5.75 Å². The fourth-order valence-electron chi connectivity index (χ4n) is 1.70. The van der Waals surface area contributed by atoms with Gasteiger partial charge in [0, 0.05) is 16.0 Å². The summed E-state index contributed by atoms with van der Waals surface area (Å²) in [5, 5.41) is 0.559. The largest absolute Gasteiger partial charge is 0.496 e. The summed E-state index contributed by atoms with van der Waals surface area (Å²) in [6.45, 7) is 5.80. The molecule has 5 heteroatoms. The van der Waals surface area contributed by atoms with Crippen molar-refractivity contribution in [3.8, 4) is 5.75 Å². The van der Waals surface area contributed by atoms with Gasteiger partial charge in [0.05, 0.1) is 7.11 Å². The van der Waals surface area contributed by atoms with Gasteiger partial charge >= 0.3 is 5.97 Å². The van der Waals surface area contributed by atoms with E-state index in [1.54, 1.807) is 31.4 Å². The zero-order valence-electron chi connectivity index (χ0n) is 11.9. The Kier molecular flexibility index (Phi) is 3.86. The number of hydrogen-bond donors (Lipinski definition) is 0. The average Bonchev–Trinajstić information content (AvgIpc) is 2.71. The summed E-state index contributed by atoms with van der Waals surface area (Å²) in [7, 11) is 1.56. The van der Waals surface area contributed by atoms with E-state index < -0.39 is 5.97 Å². The van der Waals surface area contributed by atoms with Gasteiger partial charge in [-0.3, -0.25) is 0 Å². The SMILES string of the molecule is COc1ccc(Cl)cc1/C=C1/N=C(C(C)(C)C)OC1=O. The average molecular weight is 294 g/mol. The van der Waals surface area contributed by atoms with Crippen LogP contribution in [0.2, 0.25) is 5.02 Å². The Hall–Kier alpha value is -1.81. The second-order valence-electron chi connectivity index (χ2n) is 5.47. The van der Waals surface area contributed by atoms with Crippen LogP contribution in [0.15, 0.2) is 28.9 Å². The van der Waals surface area contributed by atoms with Gasteiger partial charge in [-0.05, 0) is 24.3 Å². The minimum absolute atomic E-state index is 0.246. The van der Waals surface area contributed by atoms with E-state index in [1.165, 1.54) is 0 Å². The lowest BCUT2D eigenvalue weighted by Crippen LogP contribution is -2.21. The first-order valence-corrected chi connectivity index (χ1v) is 6.55. The van der Waals surface area contributed by atoms with Crippen LogP contribution in [-0.4, -0.2) is 19.0 Å². The Morgan fingerprint density at radius 3 is 2.60 bits per heavy atom. The first-order chi connectivity index (χ1) is 9.31. The van der Waals surface area contributed by atoms with Crippen molar-refractivity contribution in [3.05, 3.63) is 34.5 Å². The number of benzene rings is 1. The number of methoxy groups -OCH3 is 1. The fourth-order valence-corrected chi connectivity index (χ4v) is 1.88. The molecule has 20 heavy (non-hydrogen) atoms. The molecule has 1 aliphatic rings. The molecule has 1 aromatic carbocycles. The van der Waals surface area contributed by atoms with Crippen LogP contribution in [0.3, 0.4) is 0 Å². The van der Waals surface area contributed by atoms with Crippen molar-refractivity contribution in [1.29, 1.82) is 0 Å². The number of aliphatic imine (C=N–C) groups is 1. The monoisotopic (exact) mass is 293 g/mol. The molecule has 1 aromatic rings. The highest BCUT2D eigenvalue weighted by Gasteiger charge is 2.31. The molecule has 1 heterocycles. The molecule has 0 fully saturated rings. The lowest BCUT2D eigenvalue weighted by Gasteiger charge is -2.15. The standard InChI is InChI=1S/C15H16ClNO3/c1-15(2,3)14-17-11(13(18)20-14)8-9-7-10(16)5-6-12(9)19-4/h5-8H,1-4H3/b11-8+. The van der Waals surface area contributed by atoms with Crippen molar-refractivity contribution >= 4 is 29.5 Å². The van der Waals surface area contributed by atoms with Crippen LogP contribution in [0.25, 0.3) is 6.08 Å². The van der Waals surface area contributed by atoms with E-state index in [0.717, 1.165) is 0 Å². The zero-order valence-corrected chi connectivity index (χ0v) is 12.6. The molecule has 0 radical (unpaired) electrons. The van der Waals surface area contributed by atoms with E-state index in [9.17, 15) is 4.79 Å². The molecule has 0 bridgehead atoms. The van der Waals surface area contributed by atoms with Crippen molar-refractivity contribution in [3.63, 3.8) is 0 Å². The molecule has 0 N–H and O–H groups in total. The zero-order chi connectivity index (χ0) is 14.9. The van der Waals surface area contributed by atoms with Crippen molar-refractivity contribution in [2.75, 3.05) is 7.11 Å². The van der Waals surface area contributed by atoms with Crippen LogP contribution >= 0.6 is 11.6 Å². The van der Waals surface area contributed by atoms with Crippen LogP contribution < -0.4 is 4.74 Å². The van der Waals surface area contributed by atoms with E-state index in [2.05, 4.69) is 4.99 Å². The highest BCUT2D eigenvalue weighted by Crippen LogP contribution is 2.29. The first-order valence-electron chi connectivity index (χ1n) is 6.18. The van der Waals surface area contributed by atoms with E-state index in [0.29, 0.717) is 22.2 Å². The van der Waals surface area contributed by atoms with Gasteiger partial charge in [0.25, 0.3) is 0 Å². The number of hydrogen-bond acceptors (Lipinski definition) is 4. The van der Waals surface area contributed by atoms with E-state index in [1.807, 2.05) is 20.8 Å². The van der Waals surface area contributed by atoms with Gasteiger partial charge in [-0.2, -0.15) is 0 Å². The van der Waals surface area contributed by atoms with Crippen molar-refractivity contribution < 1.29 is 14.3 Å². The summed E-state index contributed by atoms with van der Waals surface area (Å²) in [5.74, 6) is 0.570. The Bertz CT molecular complexity index is 612. The Morgan fingerprint density at radius 1 is 1.35 bits per heavy atom. The summed E-state index contributed by atoms with van der Waals surface area (Å²) in [6.07, 6.45) is 1.62. The van der Waals surface area contributed by atoms with Crippen molar-refractivity contribution in [2.45, 2.75) is 20.8 Å². The second kappa shape index (κ2) is 5.29. The molecule has 1 aliphatic heterocycles. The van der Waals surface area contributed by atoms with E-state index in [-0.39, 0.29) is 11.1 Å². The summed E-state index contributed by atoms with van der Waals surface area (Å²) in [5.41, 5.74) is 0.616. The lowest BCUT2D eigenvalue weighted by atomic mass is 9.97. The third-order valence-corrected chi connectivity index (χ3v) is 2.98. The summed E-state index contributed by atoms with van der Waals surface area (Å²) in [6, 6.07) is 5.17. The predicted octanol–water partition coefficient (Wildman–Crippen LogP) is 3.69. The molecule has 0 aromatic heterocycles. The molecule has 0 saturated carbocycles. The number of halogens is 1. The number of carbonyl (C=O) groups is 1. The molecule has 4 nitrogen and oxygen atoms in total. The molecule has 0 amide bonds. The van der Waals surface area contributed by atoms with Crippen LogP contribution in [0, 0.1) is 5.41 Å². The maximum Gasteiger partial charge on any atom is 0.363 e. The first kappa shape index (κ1) is 14.6. The number of esters is 1. The maximum atomic E-state index is 11.8. The van der Waals surface area contributed by atoms with Gasteiger partial charge in [-0.25, -0.2) is 9.79 Å². The topological polar surface area (TPSA) is 47.9 Å². The van der Waals surface area contributed by atoms with Crippen LogP contribution in [0.1, 0.15) is 26.3 Å². The lowest BCUT2D eigenvalue weighted by molar-refractivity contribution is -0.130. The molecule has 2 rings (SSSR count). The minimum Gasteiger partial charge on any atom is -0.496 e. The Balaban J connectivity index is 2.43. The Labute approximate surface area is 123 Å². The molecular formula is C15H16ClNO3. The third-order valence-electron chi connectivity index (χ3n) is 2.75. The van der Waals surface area contributed by atoms with Gasteiger partial charge in [-0.15, -0.1) is 0 Å². The highest BCUT2D eigenvalue weighted by atomic mass is 35.5. The molecule has 0 atom stereocenters. The normalized spacial score (nSPS) is 17.1. The Morgan fingerprint density at radius 2 is 2.05 bits per heavy atom. The molecule has 0 spiro atoms. The summed E-state index contributed by atoms with van der Waals surface area (Å²) in [4.78, 5) is 16.1. The molecule has 0 saturated heterocycles. The molecule has 0 unspecified atom stereocenters. The predicted molar refractivity (Wildman–Crippen MR) is 79.0 cm³/mol. The summed E-state index contributed by atoms with van der Waals surface area (Å²) < 4.78 is 10.4. The fraction of sp³-hybridized carbons (Fsp3) is 0.333. The van der Waals surface area contributed by atoms with Gasteiger partial charge in [0.1, 0.15) is 5.75 Å². The maximum absolute atomic E-state index is 11.8. The van der Waals surface area contributed by atoms with Gasteiger partial charge in [0.15, 0.2) is 5.70 Å². The number of nitrogens with zero attached hydrogens (tertiary/aromatic N) is 1. The quantitative estimate of drug-likeness (QED) is 0.617.